The van der Waals surface area contributed by atoms with Crippen LogP contribution in [0.25, 0.3) is 11.0 Å². The van der Waals surface area contributed by atoms with E-state index in [9.17, 15) is 13.2 Å². The normalized spacial score (nSPS) is 14.1. The number of rotatable bonds is 7. The first-order valence-electron chi connectivity index (χ1n) is 8.63. The highest BCUT2D eigenvalue weighted by Crippen LogP contribution is 2.21. The molecule has 0 saturated carbocycles. The Morgan fingerprint density at radius 3 is 2.82 bits per heavy atom. The number of hydrogen-bond donors (Lipinski definition) is 1. The minimum absolute atomic E-state index is 0.102. The van der Waals surface area contributed by atoms with E-state index in [1.54, 1.807) is 12.1 Å². The van der Waals surface area contributed by atoms with Crippen molar-refractivity contribution in [1.82, 2.24) is 25.3 Å². The fourth-order valence-corrected chi connectivity index (χ4v) is 3.10. The first kappa shape index (κ1) is 20.0. The molecule has 0 fully saturated rings. The number of fused-ring (bicyclic) bond motifs is 1. The van der Waals surface area contributed by atoms with Gasteiger partial charge in [0.25, 0.3) is 10.1 Å². The van der Waals surface area contributed by atoms with Crippen LogP contribution in [0.3, 0.4) is 0 Å². The maximum Gasteiger partial charge on any atom is 0.344 e. The molecule has 0 aliphatic rings. The summed E-state index contributed by atoms with van der Waals surface area (Å²) in [4.78, 5) is 16.7. The lowest BCUT2D eigenvalue weighted by atomic mass is 10.0. The molecule has 2 unspecified atom stereocenters. The summed E-state index contributed by atoms with van der Waals surface area (Å²) < 4.78 is 33.4. The summed E-state index contributed by atoms with van der Waals surface area (Å²) in [6, 6.07) is 6.64. The first-order chi connectivity index (χ1) is 13.2. The zero-order chi connectivity index (χ0) is 20.3. The van der Waals surface area contributed by atoms with Crippen LogP contribution < -0.4 is 5.32 Å². The number of carbonyl (C=O) groups excluding carboxylic acids is 1. The van der Waals surface area contributed by atoms with Crippen molar-refractivity contribution >= 4 is 27.2 Å². The second-order valence-corrected chi connectivity index (χ2v) is 8.26. The Morgan fingerprint density at radius 1 is 1.32 bits per heavy atom. The second-order valence-electron chi connectivity index (χ2n) is 6.62. The van der Waals surface area contributed by atoms with Gasteiger partial charge in [-0.2, -0.15) is 13.1 Å². The predicted octanol–water partition coefficient (Wildman–Crippen LogP) is 2.04. The van der Waals surface area contributed by atoms with Crippen molar-refractivity contribution in [2.75, 3.05) is 6.26 Å². The van der Waals surface area contributed by atoms with Crippen LogP contribution in [0.2, 0.25) is 0 Å². The number of oxazole rings is 1. The van der Waals surface area contributed by atoms with E-state index in [1.165, 1.54) is 10.9 Å². The lowest BCUT2D eigenvalue weighted by Crippen LogP contribution is -2.37. The molecule has 0 aliphatic carbocycles. The van der Waals surface area contributed by atoms with Gasteiger partial charge < -0.3 is 9.73 Å². The molecule has 1 amide bonds. The second kappa shape index (κ2) is 8.07. The van der Waals surface area contributed by atoms with Crippen molar-refractivity contribution in [3.63, 3.8) is 0 Å². The fraction of sp³-hybridized carbons (Fsp3) is 0.412. The van der Waals surface area contributed by atoms with Gasteiger partial charge in [0, 0.05) is 12.0 Å². The van der Waals surface area contributed by atoms with E-state index in [0.717, 1.165) is 6.26 Å². The van der Waals surface area contributed by atoms with E-state index in [2.05, 4.69) is 20.6 Å². The molecule has 0 bridgehead atoms. The smallest absolute Gasteiger partial charge is 0.344 e. The average Bonchev–Trinajstić information content (AvgIpc) is 3.26. The monoisotopic (exact) mass is 407 g/mol. The lowest BCUT2D eigenvalue weighted by Gasteiger charge is -2.16. The molecule has 3 aromatic rings. The zero-order valence-electron chi connectivity index (χ0n) is 15.7. The minimum atomic E-state index is -3.55. The molecule has 11 heteroatoms. The average molecular weight is 407 g/mol. The van der Waals surface area contributed by atoms with Gasteiger partial charge in [0.1, 0.15) is 24.1 Å². The molecule has 1 aromatic carbocycles. The first-order valence-corrected chi connectivity index (χ1v) is 10.4. The molecule has 28 heavy (non-hydrogen) atoms. The third-order valence-corrected chi connectivity index (χ3v) is 4.58. The molecule has 2 heterocycles. The van der Waals surface area contributed by atoms with E-state index < -0.39 is 10.1 Å². The van der Waals surface area contributed by atoms with Gasteiger partial charge in [-0.05, 0) is 25.5 Å². The zero-order valence-corrected chi connectivity index (χ0v) is 16.5. The molecular weight excluding hydrogens is 386 g/mol. The van der Waals surface area contributed by atoms with Gasteiger partial charge in [-0.3, -0.25) is 4.18 Å². The number of carbonyl (C=O) groups is 1. The maximum absolute atomic E-state index is 12.5. The van der Waals surface area contributed by atoms with Crippen molar-refractivity contribution < 1.29 is 21.8 Å². The summed E-state index contributed by atoms with van der Waals surface area (Å²) in [5.74, 6) is 0.342. The maximum atomic E-state index is 12.5. The van der Waals surface area contributed by atoms with Crippen LogP contribution in [0.1, 0.15) is 37.8 Å². The molecular formula is C17H21N5O5S. The van der Waals surface area contributed by atoms with Gasteiger partial charge in [-0.1, -0.05) is 24.3 Å². The Morgan fingerprint density at radius 2 is 2.07 bits per heavy atom. The summed E-state index contributed by atoms with van der Waals surface area (Å²) in [5.41, 5.74) is 1.66. The SMILES string of the molecule is CC(CC(C)c1nc(COS(C)(=O)=O)co1)NC(=O)n1nnc2ccccc21. The summed E-state index contributed by atoms with van der Waals surface area (Å²) in [6.07, 6.45) is 2.90. The van der Waals surface area contributed by atoms with E-state index in [0.29, 0.717) is 29.0 Å². The van der Waals surface area contributed by atoms with Crippen molar-refractivity contribution in [2.24, 2.45) is 0 Å². The highest BCUT2D eigenvalue weighted by molar-refractivity contribution is 7.85. The van der Waals surface area contributed by atoms with Crippen LogP contribution in [-0.2, 0) is 20.9 Å². The Balaban J connectivity index is 1.57. The molecule has 1 N–H and O–H groups in total. The standard InChI is InChI=1S/C17H21N5O5S/c1-11(16-19-13(9-26-16)10-27-28(3,24)25)8-12(2)18-17(23)22-15-7-5-4-6-14(15)20-21-22/h4-7,9,11-12H,8,10H2,1-3H3,(H,18,23). The molecule has 3 rings (SSSR count). The number of benzene rings is 1. The van der Waals surface area contributed by atoms with E-state index in [-0.39, 0.29) is 24.6 Å². The quantitative estimate of drug-likeness (QED) is 0.589. The number of amides is 1. The molecule has 150 valence electrons. The van der Waals surface area contributed by atoms with Crippen LogP contribution in [-0.4, -0.2) is 46.7 Å². The Labute approximate surface area is 162 Å². The van der Waals surface area contributed by atoms with Gasteiger partial charge in [0.2, 0.25) is 0 Å². The molecule has 2 aromatic heterocycles. The predicted molar refractivity (Wildman–Crippen MR) is 100 cm³/mol. The van der Waals surface area contributed by atoms with Crippen LogP contribution in [0.4, 0.5) is 4.79 Å². The number of nitrogens with one attached hydrogen (secondary N) is 1. The van der Waals surface area contributed by atoms with Gasteiger partial charge >= 0.3 is 6.03 Å². The van der Waals surface area contributed by atoms with Gasteiger partial charge in [-0.25, -0.2) is 9.78 Å². The van der Waals surface area contributed by atoms with Crippen molar-refractivity contribution in [3.8, 4) is 0 Å². The van der Waals surface area contributed by atoms with Gasteiger partial charge in [0.15, 0.2) is 5.89 Å². The Bertz CT molecular complexity index is 1070. The van der Waals surface area contributed by atoms with Crippen molar-refractivity contribution in [3.05, 3.63) is 42.1 Å². The molecule has 10 nitrogen and oxygen atoms in total. The molecule has 2 atom stereocenters. The van der Waals surface area contributed by atoms with Gasteiger partial charge in [-0.15, -0.1) is 5.10 Å². The summed E-state index contributed by atoms with van der Waals surface area (Å²) in [7, 11) is -3.55. The molecule has 0 aliphatic heterocycles. The fourth-order valence-electron chi connectivity index (χ4n) is 2.76. The third kappa shape index (κ3) is 4.93. The van der Waals surface area contributed by atoms with Crippen molar-refractivity contribution in [2.45, 2.75) is 38.8 Å². The van der Waals surface area contributed by atoms with E-state index >= 15 is 0 Å². The number of para-hydroxylation sites is 1. The number of aromatic nitrogens is 4. The largest absolute Gasteiger partial charge is 0.448 e. The van der Waals surface area contributed by atoms with Crippen LogP contribution in [0, 0.1) is 0 Å². The van der Waals surface area contributed by atoms with Crippen LogP contribution in [0.5, 0.6) is 0 Å². The third-order valence-electron chi connectivity index (χ3n) is 4.03. The molecule has 0 saturated heterocycles. The summed E-state index contributed by atoms with van der Waals surface area (Å²) >= 11 is 0. The summed E-state index contributed by atoms with van der Waals surface area (Å²) in [6.45, 7) is 3.59. The summed E-state index contributed by atoms with van der Waals surface area (Å²) in [5, 5.41) is 10.7. The number of nitrogens with zero attached hydrogens (tertiary/aromatic N) is 4. The van der Waals surface area contributed by atoms with Crippen LogP contribution >= 0.6 is 0 Å². The minimum Gasteiger partial charge on any atom is -0.448 e. The topological polar surface area (TPSA) is 129 Å². The molecule has 0 radical (unpaired) electrons. The van der Waals surface area contributed by atoms with E-state index in [4.69, 9.17) is 8.60 Å². The van der Waals surface area contributed by atoms with E-state index in [1.807, 2.05) is 26.0 Å². The number of hydrogen-bond acceptors (Lipinski definition) is 8. The van der Waals surface area contributed by atoms with Gasteiger partial charge in [0.05, 0.1) is 11.8 Å². The van der Waals surface area contributed by atoms with Crippen molar-refractivity contribution in [1.29, 1.82) is 0 Å². The van der Waals surface area contributed by atoms with Crippen LogP contribution in [0.15, 0.2) is 34.9 Å². The highest BCUT2D eigenvalue weighted by Gasteiger charge is 2.19. The Kier molecular flexibility index (Phi) is 5.75. The lowest BCUT2D eigenvalue weighted by molar-refractivity contribution is 0.235. The Hall–Kier alpha value is -2.79. The highest BCUT2D eigenvalue weighted by atomic mass is 32.2. The molecule has 0 spiro atoms.